The van der Waals surface area contributed by atoms with E-state index in [1.807, 2.05) is 6.92 Å². The Morgan fingerprint density at radius 1 is 1.27 bits per heavy atom. The highest BCUT2D eigenvalue weighted by molar-refractivity contribution is 5.32. The molecule has 0 saturated heterocycles. The largest absolute Gasteiger partial charge is 0.416 e. The third kappa shape index (κ3) is 3.23. The highest BCUT2D eigenvalue weighted by Gasteiger charge is 2.30. The molecule has 0 aromatic heterocycles. The van der Waals surface area contributed by atoms with Crippen LogP contribution in [0.15, 0.2) is 18.2 Å². The number of benzene rings is 1. The molecule has 1 aromatic carbocycles. The van der Waals surface area contributed by atoms with Crippen LogP contribution in [-0.4, -0.2) is 6.61 Å². The van der Waals surface area contributed by atoms with E-state index in [0.29, 0.717) is 12.2 Å². The third-order valence-corrected chi connectivity index (χ3v) is 2.14. The minimum Gasteiger partial charge on any atom is -0.377 e. The zero-order valence-corrected chi connectivity index (χ0v) is 8.69. The second-order valence-electron chi connectivity index (χ2n) is 3.28. The van der Waals surface area contributed by atoms with Crippen molar-refractivity contribution in [1.29, 1.82) is 0 Å². The van der Waals surface area contributed by atoms with Crippen LogP contribution < -0.4 is 0 Å². The van der Waals surface area contributed by atoms with E-state index in [0.717, 1.165) is 17.7 Å². The van der Waals surface area contributed by atoms with Crippen molar-refractivity contribution in [1.82, 2.24) is 0 Å². The molecule has 0 radical (unpaired) electrons. The average Bonchev–Trinajstić information content (AvgIpc) is 2.15. The van der Waals surface area contributed by atoms with Crippen LogP contribution >= 0.6 is 0 Å². The lowest BCUT2D eigenvalue weighted by Crippen LogP contribution is -2.06. The average molecular weight is 218 g/mol. The van der Waals surface area contributed by atoms with E-state index >= 15 is 0 Å². The van der Waals surface area contributed by atoms with E-state index in [-0.39, 0.29) is 6.61 Å². The molecule has 0 N–H and O–H groups in total. The fraction of sp³-hybridized carbons (Fsp3) is 0.455. The van der Waals surface area contributed by atoms with Gasteiger partial charge in [-0.05, 0) is 37.1 Å². The van der Waals surface area contributed by atoms with Crippen LogP contribution in [0.25, 0.3) is 0 Å². The molecule has 0 unspecified atom stereocenters. The van der Waals surface area contributed by atoms with Gasteiger partial charge in [-0.1, -0.05) is 6.07 Å². The van der Waals surface area contributed by atoms with Crippen LogP contribution in [-0.2, 0) is 17.5 Å². The van der Waals surface area contributed by atoms with E-state index in [1.165, 1.54) is 6.07 Å². The van der Waals surface area contributed by atoms with Crippen LogP contribution in [0.3, 0.4) is 0 Å². The van der Waals surface area contributed by atoms with Gasteiger partial charge in [-0.2, -0.15) is 13.2 Å². The molecule has 0 aliphatic rings. The number of hydrogen-bond acceptors (Lipinski definition) is 1. The number of hydrogen-bond donors (Lipinski definition) is 0. The lowest BCUT2D eigenvalue weighted by Gasteiger charge is -2.11. The number of halogens is 3. The Kier molecular flexibility index (Phi) is 3.74. The molecular formula is C11H13F3O. The molecule has 0 amide bonds. The van der Waals surface area contributed by atoms with E-state index in [9.17, 15) is 13.2 Å². The Morgan fingerprint density at radius 2 is 1.93 bits per heavy atom. The van der Waals surface area contributed by atoms with E-state index < -0.39 is 11.7 Å². The van der Waals surface area contributed by atoms with Gasteiger partial charge in [0.25, 0.3) is 0 Å². The van der Waals surface area contributed by atoms with Crippen LogP contribution in [0.4, 0.5) is 13.2 Å². The lowest BCUT2D eigenvalue weighted by molar-refractivity contribution is -0.137. The van der Waals surface area contributed by atoms with Crippen molar-refractivity contribution in [3.8, 4) is 0 Å². The summed E-state index contributed by atoms with van der Waals surface area (Å²) in [7, 11) is 0. The van der Waals surface area contributed by atoms with Gasteiger partial charge in [0, 0.05) is 6.61 Å². The first-order valence-corrected chi connectivity index (χ1v) is 4.69. The second kappa shape index (κ2) is 4.66. The van der Waals surface area contributed by atoms with Crippen LogP contribution in [0.1, 0.15) is 23.6 Å². The number of aryl methyl sites for hydroxylation is 1. The molecule has 1 aromatic rings. The molecule has 0 fully saturated rings. The summed E-state index contributed by atoms with van der Waals surface area (Å²) in [5.41, 5.74) is 0.783. The smallest absolute Gasteiger partial charge is 0.377 e. The van der Waals surface area contributed by atoms with Crippen molar-refractivity contribution in [2.24, 2.45) is 0 Å². The summed E-state index contributed by atoms with van der Waals surface area (Å²) in [5.74, 6) is 0. The molecule has 0 bridgehead atoms. The van der Waals surface area contributed by atoms with Gasteiger partial charge in [0.1, 0.15) is 0 Å². The summed E-state index contributed by atoms with van der Waals surface area (Å²) in [4.78, 5) is 0. The van der Waals surface area contributed by atoms with Crippen LogP contribution in [0.2, 0.25) is 0 Å². The minimum atomic E-state index is -4.28. The first kappa shape index (κ1) is 12.0. The van der Waals surface area contributed by atoms with Gasteiger partial charge in [-0.15, -0.1) is 0 Å². The number of rotatable bonds is 3. The standard InChI is InChI=1S/C11H13F3O/c1-3-15-7-9-6-10(11(12,13)14)5-4-8(9)2/h4-6H,3,7H2,1-2H3. The summed E-state index contributed by atoms with van der Waals surface area (Å²) < 4.78 is 42.2. The molecule has 15 heavy (non-hydrogen) atoms. The summed E-state index contributed by atoms with van der Waals surface area (Å²) >= 11 is 0. The second-order valence-corrected chi connectivity index (χ2v) is 3.28. The molecule has 0 heterocycles. The molecule has 4 heteroatoms. The first-order valence-electron chi connectivity index (χ1n) is 4.69. The van der Waals surface area contributed by atoms with Gasteiger partial charge >= 0.3 is 6.18 Å². The lowest BCUT2D eigenvalue weighted by atomic mass is 10.1. The van der Waals surface area contributed by atoms with Crippen molar-refractivity contribution >= 4 is 0 Å². The number of alkyl halides is 3. The molecule has 0 aliphatic carbocycles. The van der Waals surface area contributed by atoms with Gasteiger partial charge in [-0.3, -0.25) is 0 Å². The molecule has 0 saturated carbocycles. The van der Waals surface area contributed by atoms with Crippen molar-refractivity contribution < 1.29 is 17.9 Å². The highest BCUT2D eigenvalue weighted by Crippen LogP contribution is 2.30. The Hall–Kier alpha value is -1.03. The zero-order chi connectivity index (χ0) is 11.5. The summed E-state index contributed by atoms with van der Waals surface area (Å²) in [5, 5.41) is 0. The molecule has 0 atom stereocenters. The van der Waals surface area contributed by atoms with Gasteiger partial charge in [0.15, 0.2) is 0 Å². The Balaban J connectivity index is 2.95. The Morgan fingerprint density at radius 3 is 2.47 bits per heavy atom. The first-order chi connectivity index (χ1) is 6.95. The summed E-state index contributed by atoms with van der Waals surface area (Å²) in [6.07, 6.45) is -4.28. The normalized spacial score (nSPS) is 11.8. The van der Waals surface area contributed by atoms with Gasteiger partial charge in [-0.25, -0.2) is 0 Å². The monoisotopic (exact) mass is 218 g/mol. The van der Waals surface area contributed by atoms with Gasteiger partial charge in [0.05, 0.1) is 12.2 Å². The molecule has 1 rings (SSSR count). The third-order valence-electron chi connectivity index (χ3n) is 2.14. The topological polar surface area (TPSA) is 9.23 Å². The van der Waals surface area contributed by atoms with E-state index in [1.54, 1.807) is 6.92 Å². The SMILES string of the molecule is CCOCc1cc(C(F)(F)F)ccc1C. The maximum atomic E-state index is 12.4. The van der Waals surface area contributed by atoms with E-state index in [2.05, 4.69) is 0 Å². The molecule has 0 spiro atoms. The van der Waals surface area contributed by atoms with Crippen molar-refractivity contribution in [2.75, 3.05) is 6.61 Å². The quantitative estimate of drug-likeness (QED) is 0.753. The summed E-state index contributed by atoms with van der Waals surface area (Å²) in [6.45, 7) is 4.30. The Labute approximate surface area is 86.9 Å². The Bertz CT molecular complexity index is 331. The van der Waals surface area contributed by atoms with Gasteiger partial charge < -0.3 is 4.74 Å². The molecule has 1 nitrogen and oxygen atoms in total. The highest BCUT2D eigenvalue weighted by atomic mass is 19.4. The number of ether oxygens (including phenoxy) is 1. The fourth-order valence-corrected chi connectivity index (χ4v) is 1.22. The maximum absolute atomic E-state index is 12.4. The van der Waals surface area contributed by atoms with Gasteiger partial charge in [0.2, 0.25) is 0 Å². The van der Waals surface area contributed by atoms with Crippen LogP contribution in [0.5, 0.6) is 0 Å². The van der Waals surface area contributed by atoms with Crippen LogP contribution in [0, 0.1) is 6.92 Å². The predicted molar refractivity (Wildman–Crippen MR) is 51.5 cm³/mol. The minimum absolute atomic E-state index is 0.228. The maximum Gasteiger partial charge on any atom is 0.416 e. The van der Waals surface area contributed by atoms with E-state index in [4.69, 9.17) is 4.74 Å². The summed E-state index contributed by atoms with van der Waals surface area (Å²) in [6, 6.07) is 3.70. The van der Waals surface area contributed by atoms with Crippen molar-refractivity contribution in [3.63, 3.8) is 0 Å². The predicted octanol–water partition coefficient (Wildman–Crippen LogP) is 3.55. The van der Waals surface area contributed by atoms with Crippen molar-refractivity contribution in [2.45, 2.75) is 26.6 Å². The molecular weight excluding hydrogens is 205 g/mol. The van der Waals surface area contributed by atoms with Crippen molar-refractivity contribution in [3.05, 3.63) is 34.9 Å². The molecule has 0 aliphatic heterocycles. The zero-order valence-electron chi connectivity index (χ0n) is 8.69. The molecule has 84 valence electrons. The fourth-order valence-electron chi connectivity index (χ4n) is 1.22.